The molecule has 6 nitrogen and oxygen atoms in total. The summed E-state index contributed by atoms with van der Waals surface area (Å²) in [6.07, 6.45) is 3.55. The predicted molar refractivity (Wildman–Crippen MR) is 100 cm³/mol. The number of aryl methyl sites for hydroxylation is 1. The number of hydrogen-bond acceptors (Lipinski definition) is 3. The van der Waals surface area contributed by atoms with Gasteiger partial charge in [0.05, 0.1) is 11.7 Å². The van der Waals surface area contributed by atoms with Crippen LogP contribution in [0.2, 0.25) is 0 Å². The van der Waals surface area contributed by atoms with Crippen molar-refractivity contribution in [3.63, 3.8) is 0 Å². The molecule has 1 atom stereocenters. The summed E-state index contributed by atoms with van der Waals surface area (Å²) in [7, 11) is 1.83. The number of nitrogens with zero attached hydrogens (tertiary/aromatic N) is 5. The Morgan fingerprint density at radius 2 is 1.93 bits per heavy atom. The molecule has 0 saturated carbocycles. The van der Waals surface area contributed by atoms with Gasteiger partial charge in [0.1, 0.15) is 6.54 Å². The fourth-order valence-electron chi connectivity index (χ4n) is 4.57. The standard InChI is InChI=1S/C20H26F3N5O/c1-26-12-10-15(24-26)17-9-3-2-6-11-27(17)18(29)13-28-16-8-5-4-7-14(16)19(25-28)20(21,22)23/h10,12,17H,2-9,11,13H2,1H3/t17-/m0/s1. The minimum Gasteiger partial charge on any atom is -0.332 e. The Kier molecular flexibility index (Phi) is 5.40. The molecule has 2 aromatic rings. The maximum absolute atomic E-state index is 13.4. The second-order valence-electron chi connectivity index (χ2n) is 8.00. The average Bonchev–Trinajstić information content (AvgIpc) is 3.17. The van der Waals surface area contributed by atoms with Crippen molar-refractivity contribution in [3.05, 3.63) is 34.9 Å². The zero-order valence-electron chi connectivity index (χ0n) is 16.6. The fourth-order valence-corrected chi connectivity index (χ4v) is 4.57. The Balaban J connectivity index is 1.61. The van der Waals surface area contributed by atoms with Gasteiger partial charge in [0.25, 0.3) is 0 Å². The van der Waals surface area contributed by atoms with E-state index in [4.69, 9.17) is 0 Å². The fraction of sp³-hybridized carbons (Fsp3) is 0.650. The molecule has 0 radical (unpaired) electrons. The number of halogens is 3. The van der Waals surface area contributed by atoms with Gasteiger partial charge in [-0.25, -0.2) is 0 Å². The van der Waals surface area contributed by atoms with Crippen molar-refractivity contribution in [3.8, 4) is 0 Å². The Morgan fingerprint density at radius 3 is 2.66 bits per heavy atom. The molecule has 3 heterocycles. The normalized spacial score (nSPS) is 20.4. The van der Waals surface area contributed by atoms with Crippen LogP contribution in [0.3, 0.4) is 0 Å². The third-order valence-electron chi connectivity index (χ3n) is 5.96. The number of amides is 1. The van der Waals surface area contributed by atoms with Crippen molar-refractivity contribution >= 4 is 5.91 Å². The summed E-state index contributed by atoms with van der Waals surface area (Å²) < 4.78 is 43.3. The number of fused-ring (bicyclic) bond motifs is 1. The van der Waals surface area contributed by atoms with Gasteiger partial charge >= 0.3 is 6.18 Å². The van der Waals surface area contributed by atoms with Gasteiger partial charge in [-0.15, -0.1) is 0 Å². The first-order valence-corrected chi connectivity index (χ1v) is 10.3. The van der Waals surface area contributed by atoms with Crippen molar-refractivity contribution in [1.29, 1.82) is 0 Å². The summed E-state index contributed by atoms with van der Waals surface area (Å²) in [4.78, 5) is 15.0. The Hall–Kier alpha value is -2.32. The second-order valence-corrected chi connectivity index (χ2v) is 8.00. The van der Waals surface area contributed by atoms with Gasteiger partial charge in [0.15, 0.2) is 5.69 Å². The molecule has 1 saturated heterocycles. The van der Waals surface area contributed by atoms with E-state index in [1.54, 1.807) is 9.58 Å². The molecule has 0 unspecified atom stereocenters. The molecule has 0 aromatic carbocycles. The van der Waals surface area contributed by atoms with Gasteiger partial charge in [0.2, 0.25) is 5.91 Å². The first-order valence-electron chi connectivity index (χ1n) is 10.3. The van der Waals surface area contributed by atoms with Crippen LogP contribution in [0.5, 0.6) is 0 Å². The molecule has 2 aliphatic rings. The van der Waals surface area contributed by atoms with E-state index in [1.807, 2.05) is 19.3 Å². The number of likely N-dealkylation sites (tertiary alicyclic amines) is 1. The lowest BCUT2D eigenvalue weighted by molar-refractivity contribution is -0.143. The summed E-state index contributed by atoms with van der Waals surface area (Å²) in [5.74, 6) is -0.188. The minimum atomic E-state index is -4.49. The minimum absolute atomic E-state index is 0.139. The lowest BCUT2D eigenvalue weighted by Crippen LogP contribution is -2.38. The topological polar surface area (TPSA) is 56.0 Å². The number of carbonyl (C=O) groups is 1. The third-order valence-corrected chi connectivity index (χ3v) is 5.96. The summed E-state index contributed by atoms with van der Waals surface area (Å²) >= 11 is 0. The van der Waals surface area contributed by atoms with Crippen molar-refractivity contribution in [1.82, 2.24) is 24.5 Å². The van der Waals surface area contributed by atoms with E-state index in [2.05, 4.69) is 10.2 Å². The van der Waals surface area contributed by atoms with Crippen LogP contribution in [0.15, 0.2) is 12.3 Å². The molecule has 2 aromatic heterocycles. The number of aromatic nitrogens is 4. The van der Waals surface area contributed by atoms with Crippen molar-refractivity contribution in [2.24, 2.45) is 7.05 Å². The molecule has 9 heteroatoms. The van der Waals surface area contributed by atoms with E-state index in [0.717, 1.165) is 44.2 Å². The first-order chi connectivity index (χ1) is 13.8. The van der Waals surface area contributed by atoms with Crippen LogP contribution >= 0.6 is 0 Å². The molecule has 158 valence electrons. The number of carbonyl (C=O) groups excluding carboxylic acids is 1. The quantitative estimate of drug-likeness (QED) is 0.778. The molecular weight excluding hydrogens is 383 g/mol. The van der Waals surface area contributed by atoms with Crippen LogP contribution < -0.4 is 0 Å². The Labute approximate surface area is 167 Å². The lowest BCUT2D eigenvalue weighted by atomic mass is 9.95. The van der Waals surface area contributed by atoms with Crippen LogP contribution in [0, 0.1) is 0 Å². The van der Waals surface area contributed by atoms with Crippen LogP contribution in [0.1, 0.15) is 67.2 Å². The van der Waals surface area contributed by atoms with E-state index in [-0.39, 0.29) is 24.1 Å². The summed E-state index contributed by atoms with van der Waals surface area (Å²) in [5, 5.41) is 8.32. The largest absolute Gasteiger partial charge is 0.435 e. The molecule has 1 fully saturated rings. The number of rotatable bonds is 3. The molecule has 29 heavy (non-hydrogen) atoms. The van der Waals surface area contributed by atoms with Gasteiger partial charge in [-0.05, 0) is 44.6 Å². The van der Waals surface area contributed by atoms with E-state index >= 15 is 0 Å². The second kappa shape index (κ2) is 7.84. The van der Waals surface area contributed by atoms with E-state index in [0.29, 0.717) is 25.1 Å². The van der Waals surface area contributed by atoms with Crippen molar-refractivity contribution in [2.75, 3.05) is 6.54 Å². The summed E-state index contributed by atoms with van der Waals surface area (Å²) in [5.41, 5.74) is 0.855. The van der Waals surface area contributed by atoms with Crippen molar-refractivity contribution < 1.29 is 18.0 Å². The summed E-state index contributed by atoms with van der Waals surface area (Å²) in [6.45, 7) is 0.442. The van der Waals surface area contributed by atoms with Gasteiger partial charge in [-0.1, -0.05) is 12.8 Å². The molecule has 4 rings (SSSR count). The summed E-state index contributed by atoms with van der Waals surface area (Å²) in [6, 6.07) is 1.77. The molecular formula is C20H26F3N5O. The van der Waals surface area contributed by atoms with Crippen LogP contribution in [-0.4, -0.2) is 36.9 Å². The zero-order valence-corrected chi connectivity index (χ0v) is 16.6. The Bertz CT molecular complexity index is 885. The van der Waals surface area contributed by atoms with Gasteiger partial charge in [-0.2, -0.15) is 23.4 Å². The van der Waals surface area contributed by atoms with E-state index < -0.39 is 11.9 Å². The average molecular weight is 409 g/mol. The molecule has 1 aliphatic carbocycles. The van der Waals surface area contributed by atoms with Crippen LogP contribution in [0.25, 0.3) is 0 Å². The third kappa shape index (κ3) is 4.04. The predicted octanol–water partition coefficient (Wildman–Crippen LogP) is 3.66. The first kappa shape index (κ1) is 20.0. The molecule has 1 amide bonds. The van der Waals surface area contributed by atoms with E-state index in [1.165, 1.54) is 4.68 Å². The molecule has 0 bridgehead atoms. The Morgan fingerprint density at radius 1 is 1.14 bits per heavy atom. The van der Waals surface area contributed by atoms with Gasteiger partial charge in [-0.3, -0.25) is 14.2 Å². The number of alkyl halides is 3. The number of hydrogen-bond donors (Lipinski definition) is 0. The highest BCUT2D eigenvalue weighted by Gasteiger charge is 2.40. The van der Waals surface area contributed by atoms with Crippen molar-refractivity contribution in [2.45, 2.75) is 70.1 Å². The lowest BCUT2D eigenvalue weighted by Gasteiger charge is -2.29. The maximum Gasteiger partial charge on any atom is 0.435 e. The van der Waals surface area contributed by atoms with Gasteiger partial charge in [0, 0.05) is 31.0 Å². The highest BCUT2D eigenvalue weighted by molar-refractivity contribution is 5.76. The molecule has 0 spiro atoms. The highest BCUT2D eigenvalue weighted by Crippen LogP contribution is 2.36. The monoisotopic (exact) mass is 409 g/mol. The van der Waals surface area contributed by atoms with Crippen LogP contribution in [-0.2, 0) is 37.4 Å². The SMILES string of the molecule is Cn1ccc([C@@H]2CCCCCN2C(=O)Cn2nc(C(F)(F)F)c3c2CCCC3)n1. The maximum atomic E-state index is 13.4. The van der Waals surface area contributed by atoms with Crippen LogP contribution in [0.4, 0.5) is 13.2 Å². The smallest absolute Gasteiger partial charge is 0.332 e. The molecule has 0 N–H and O–H groups in total. The van der Waals surface area contributed by atoms with Gasteiger partial charge < -0.3 is 4.90 Å². The molecule has 1 aliphatic heterocycles. The van der Waals surface area contributed by atoms with E-state index in [9.17, 15) is 18.0 Å². The zero-order chi connectivity index (χ0) is 20.6. The highest BCUT2D eigenvalue weighted by atomic mass is 19.4.